The van der Waals surface area contributed by atoms with E-state index in [-0.39, 0.29) is 12.1 Å². The van der Waals surface area contributed by atoms with E-state index in [9.17, 15) is 9.18 Å². The van der Waals surface area contributed by atoms with Crippen molar-refractivity contribution in [2.24, 2.45) is 0 Å². The van der Waals surface area contributed by atoms with Gasteiger partial charge in [-0.2, -0.15) is 0 Å². The van der Waals surface area contributed by atoms with Gasteiger partial charge in [0.15, 0.2) is 0 Å². The van der Waals surface area contributed by atoms with E-state index >= 15 is 0 Å². The Labute approximate surface area is 120 Å². The van der Waals surface area contributed by atoms with Crippen LogP contribution in [-0.2, 0) is 11.4 Å². The summed E-state index contributed by atoms with van der Waals surface area (Å²) in [5, 5.41) is 0. The van der Waals surface area contributed by atoms with Crippen molar-refractivity contribution in [3.8, 4) is 0 Å². The van der Waals surface area contributed by atoms with Crippen LogP contribution in [0.2, 0.25) is 0 Å². The van der Waals surface area contributed by atoms with Gasteiger partial charge in [0, 0.05) is 7.05 Å². The number of benzene rings is 1. The molecule has 0 N–H and O–H groups in total. The second-order valence-electron chi connectivity index (χ2n) is 5.89. The SMILES string of the molecule is CCC(c1ccc(CF)cc1)N(C)C(=O)OC(C)(C)C. The maximum Gasteiger partial charge on any atom is 0.410 e. The molecule has 1 atom stereocenters. The summed E-state index contributed by atoms with van der Waals surface area (Å²) in [5.41, 5.74) is 1.11. The lowest BCUT2D eigenvalue weighted by Gasteiger charge is -2.30. The minimum atomic E-state index is -0.512. The third-order valence-corrected chi connectivity index (χ3v) is 3.05. The third kappa shape index (κ3) is 4.51. The van der Waals surface area contributed by atoms with Gasteiger partial charge < -0.3 is 9.64 Å². The van der Waals surface area contributed by atoms with E-state index in [2.05, 4.69) is 0 Å². The monoisotopic (exact) mass is 281 g/mol. The van der Waals surface area contributed by atoms with Crippen LogP contribution in [0.3, 0.4) is 0 Å². The first-order valence-corrected chi connectivity index (χ1v) is 6.89. The molecule has 3 nitrogen and oxygen atoms in total. The van der Waals surface area contributed by atoms with Crippen molar-refractivity contribution >= 4 is 6.09 Å². The van der Waals surface area contributed by atoms with Crippen molar-refractivity contribution in [2.75, 3.05) is 7.05 Å². The van der Waals surface area contributed by atoms with E-state index in [1.807, 2.05) is 39.8 Å². The van der Waals surface area contributed by atoms with Gasteiger partial charge in [-0.3, -0.25) is 0 Å². The lowest BCUT2D eigenvalue weighted by Crippen LogP contribution is -2.36. The van der Waals surface area contributed by atoms with Crippen molar-refractivity contribution in [1.29, 1.82) is 0 Å². The Balaban J connectivity index is 2.85. The summed E-state index contributed by atoms with van der Waals surface area (Å²) in [6.07, 6.45) is 0.420. The summed E-state index contributed by atoms with van der Waals surface area (Å²) >= 11 is 0. The van der Waals surface area contributed by atoms with Crippen LogP contribution < -0.4 is 0 Å². The van der Waals surface area contributed by atoms with Crippen LogP contribution in [-0.4, -0.2) is 23.6 Å². The quantitative estimate of drug-likeness (QED) is 0.814. The molecule has 4 heteroatoms. The lowest BCUT2D eigenvalue weighted by atomic mass is 10.0. The number of amides is 1. The largest absolute Gasteiger partial charge is 0.444 e. The van der Waals surface area contributed by atoms with Crippen molar-refractivity contribution in [1.82, 2.24) is 4.90 Å². The molecule has 0 heterocycles. The molecule has 0 aromatic heterocycles. The van der Waals surface area contributed by atoms with Gasteiger partial charge in [-0.25, -0.2) is 9.18 Å². The number of hydrogen-bond acceptors (Lipinski definition) is 2. The van der Waals surface area contributed by atoms with Crippen LogP contribution in [0.25, 0.3) is 0 Å². The van der Waals surface area contributed by atoms with E-state index in [1.54, 1.807) is 24.1 Å². The highest BCUT2D eigenvalue weighted by atomic mass is 19.1. The van der Waals surface area contributed by atoms with Crippen LogP contribution in [0.15, 0.2) is 24.3 Å². The summed E-state index contributed by atoms with van der Waals surface area (Å²) < 4.78 is 17.9. The molecule has 0 aliphatic carbocycles. The zero-order valence-corrected chi connectivity index (χ0v) is 12.9. The minimum absolute atomic E-state index is 0.0708. The third-order valence-electron chi connectivity index (χ3n) is 3.05. The highest BCUT2D eigenvalue weighted by Crippen LogP contribution is 2.25. The number of halogens is 1. The molecule has 20 heavy (non-hydrogen) atoms. The number of ether oxygens (including phenoxy) is 1. The molecule has 0 aliphatic rings. The Morgan fingerprint density at radius 1 is 1.30 bits per heavy atom. The molecule has 1 aromatic carbocycles. The van der Waals surface area contributed by atoms with Crippen LogP contribution in [0, 0.1) is 0 Å². The fourth-order valence-corrected chi connectivity index (χ4v) is 2.02. The molecule has 1 aromatic rings. The molecule has 0 spiro atoms. The van der Waals surface area contributed by atoms with Crippen molar-refractivity contribution in [3.05, 3.63) is 35.4 Å². The zero-order valence-electron chi connectivity index (χ0n) is 12.9. The fraction of sp³-hybridized carbons (Fsp3) is 0.562. The molecule has 1 rings (SSSR count). The van der Waals surface area contributed by atoms with E-state index < -0.39 is 12.3 Å². The number of carbonyl (C=O) groups is 1. The van der Waals surface area contributed by atoms with Crippen LogP contribution in [0.5, 0.6) is 0 Å². The summed E-state index contributed by atoms with van der Waals surface area (Å²) in [6.45, 7) is 7.06. The first-order chi connectivity index (χ1) is 9.28. The van der Waals surface area contributed by atoms with Crippen LogP contribution >= 0.6 is 0 Å². The normalized spacial score (nSPS) is 12.9. The van der Waals surface area contributed by atoms with Crippen molar-refractivity contribution < 1.29 is 13.9 Å². The highest BCUT2D eigenvalue weighted by molar-refractivity contribution is 5.68. The summed E-state index contributed by atoms with van der Waals surface area (Å²) in [4.78, 5) is 13.7. The Hall–Kier alpha value is -1.58. The topological polar surface area (TPSA) is 29.5 Å². The van der Waals surface area contributed by atoms with E-state index in [4.69, 9.17) is 4.74 Å². The van der Waals surface area contributed by atoms with Crippen molar-refractivity contribution in [2.45, 2.75) is 52.4 Å². The first kappa shape index (κ1) is 16.5. The van der Waals surface area contributed by atoms with E-state index in [0.29, 0.717) is 5.56 Å². The second-order valence-corrected chi connectivity index (χ2v) is 5.89. The number of rotatable bonds is 4. The molecule has 1 unspecified atom stereocenters. The molecular weight excluding hydrogens is 257 g/mol. The van der Waals surface area contributed by atoms with Gasteiger partial charge in [0.2, 0.25) is 0 Å². The Bertz CT molecular complexity index is 437. The van der Waals surface area contributed by atoms with Crippen LogP contribution in [0.4, 0.5) is 9.18 Å². The number of hydrogen-bond donors (Lipinski definition) is 0. The van der Waals surface area contributed by atoms with E-state index in [1.165, 1.54) is 0 Å². The molecule has 0 saturated carbocycles. The van der Waals surface area contributed by atoms with Gasteiger partial charge in [-0.05, 0) is 38.3 Å². The number of carbonyl (C=O) groups excluding carboxylic acids is 1. The van der Waals surface area contributed by atoms with Gasteiger partial charge in [0.25, 0.3) is 0 Å². The molecule has 0 radical (unpaired) electrons. The fourth-order valence-electron chi connectivity index (χ4n) is 2.02. The van der Waals surface area contributed by atoms with Gasteiger partial charge in [0.05, 0.1) is 6.04 Å². The van der Waals surface area contributed by atoms with Gasteiger partial charge in [-0.15, -0.1) is 0 Å². The maximum absolute atomic E-state index is 12.5. The molecular formula is C16H24FNO2. The second kappa shape index (κ2) is 6.73. The first-order valence-electron chi connectivity index (χ1n) is 6.89. The molecule has 0 fully saturated rings. The molecule has 0 saturated heterocycles. The van der Waals surface area contributed by atoms with Crippen LogP contribution in [0.1, 0.15) is 51.3 Å². The van der Waals surface area contributed by atoms with Gasteiger partial charge in [-0.1, -0.05) is 31.2 Å². The zero-order chi connectivity index (χ0) is 15.3. The Kier molecular flexibility index (Phi) is 5.54. The van der Waals surface area contributed by atoms with Gasteiger partial charge >= 0.3 is 6.09 Å². The summed E-state index contributed by atoms with van der Waals surface area (Å²) in [5.74, 6) is 0. The predicted molar refractivity (Wildman–Crippen MR) is 78.3 cm³/mol. The van der Waals surface area contributed by atoms with E-state index in [0.717, 1.165) is 12.0 Å². The van der Waals surface area contributed by atoms with Crippen molar-refractivity contribution in [3.63, 3.8) is 0 Å². The smallest absolute Gasteiger partial charge is 0.410 e. The summed E-state index contributed by atoms with van der Waals surface area (Å²) in [6, 6.07) is 7.16. The average molecular weight is 281 g/mol. The molecule has 0 bridgehead atoms. The number of nitrogens with zero attached hydrogens (tertiary/aromatic N) is 1. The molecule has 112 valence electrons. The maximum atomic E-state index is 12.5. The minimum Gasteiger partial charge on any atom is -0.444 e. The lowest BCUT2D eigenvalue weighted by molar-refractivity contribution is 0.0215. The molecule has 0 aliphatic heterocycles. The summed E-state index contributed by atoms with van der Waals surface area (Å²) in [7, 11) is 1.73. The standard InChI is InChI=1S/C16H24FNO2/c1-6-14(13-9-7-12(11-17)8-10-13)18(5)15(19)20-16(2,3)4/h7-10,14H,6,11H2,1-5H3. The predicted octanol–water partition coefficient (Wildman–Crippen LogP) is 4.47. The number of alkyl halides is 1. The molecule has 1 amide bonds. The van der Waals surface area contributed by atoms with Gasteiger partial charge in [0.1, 0.15) is 12.3 Å². The Morgan fingerprint density at radius 2 is 1.85 bits per heavy atom. The highest BCUT2D eigenvalue weighted by Gasteiger charge is 2.25. The average Bonchev–Trinajstić information content (AvgIpc) is 2.38. The Morgan fingerprint density at radius 3 is 2.25 bits per heavy atom.